The lowest BCUT2D eigenvalue weighted by Crippen LogP contribution is -2.17. The summed E-state index contributed by atoms with van der Waals surface area (Å²) in [5, 5.41) is 13.4. The second-order valence-corrected chi connectivity index (χ2v) is 8.68. The molecule has 0 saturated heterocycles. The van der Waals surface area contributed by atoms with E-state index in [2.05, 4.69) is 40.8 Å². The van der Waals surface area contributed by atoms with Gasteiger partial charge >= 0.3 is 12.2 Å². The van der Waals surface area contributed by atoms with Crippen LogP contribution in [0.2, 0.25) is 0 Å². The van der Waals surface area contributed by atoms with Crippen molar-refractivity contribution in [3.8, 4) is 22.5 Å². The molecule has 1 aromatic carbocycles. The van der Waals surface area contributed by atoms with Crippen LogP contribution in [-0.4, -0.2) is 42.2 Å². The number of aromatic nitrogens is 6. The Balaban J connectivity index is 1.38. The van der Waals surface area contributed by atoms with Crippen LogP contribution in [0.3, 0.4) is 0 Å². The van der Waals surface area contributed by atoms with E-state index in [1.165, 1.54) is 0 Å². The summed E-state index contributed by atoms with van der Waals surface area (Å²) in [6.07, 6.45) is -0.811. The topological polar surface area (TPSA) is 136 Å². The normalized spacial score (nSPS) is 13.4. The van der Waals surface area contributed by atoms with E-state index < -0.39 is 17.6 Å². The Morgan fingerprint density at radius 3 is 2.82 bits per heavy atom. The highest BCUT2D eigenvalue weighted by molar-refractivity contribution is 6.03. The first kappa shape index (κ1) is 24.2. The first-order chi connectivity index (χ1) is 18.8. The van der Waals surface area contributed by atoms with Crippen LogP contribution < -0.4 is 16.3 Å². The van der Waals surface area contributed by atoms with Gasteiger partial charge in [0.2, 0.25) is 6.39 Å². The fourth-order valence-electron chi connectivity index (χ4n) is 4.34. The molecule has 0 aliphatic carbocycles. The average Bonchev–Trinajstić information content (AvgIpc) is 3.62. The van der Waals surface area contributed by atoms with Crippen LogP contribution >= 0.6 is 0 Å². The minimum absolute atomic E-state index is 0.0422. The second kappa shape index (κ2) is 9.31. The van der Waals surface area contributed by atoms with Crippen molar-refractivity contribution in [3.05, 3.63) is 77.6 Å². The van der Waals surface area contributed by atoms with E-state index in [0.29, 0.717) is 24.6 Å². The fourth-order valence-corrected chi connectivity index (χ4v) is 4.34. The van der Waals surface area contributed by atoms with Crippen molar-refractivity contribution in [2.45, 2.75) is 19.6 Å². The van der Waals surface area contributed by atoms with Gasteiger partial charge in [0.25, 0.3) is 11.5 Å². The van der Waals surface area contributed by atoms with Gasteiger partial charge in [0, 0.05) is 42.3 Å². The van der Waals surface area contributed by atoms with Crippen molar-refractivity contribution in [1.82, 2.24) is 29.7 Å². The van der Waals surface area contributed by atoms with E-state index in [9.17, 15) is 18.0 Å². The van der Waals surface area contributed by atoms with Gasteiger partial charge in [0.15, 0.2) is 0 Å². The van der Waals surface area contributed by atoms with Gasteiger partial charge in [-0.3, -0.25) is 9.78 Å². The summed E-state index contributed by atoms with van der Waals surface area (Å²) in [5.41, 5.74) is 2.62. The summed E-state index contributed by atoms with van der Waals surface area (Å²) in [6, 6.07) is 8.78. The second-order valence-electron chi connectivity index (χ2n) is 8.68. The number of carbonyl (C=O) groups excluding carboxylic acids is 1. The molecule has 14 heteroatoms. The number of anilines is 2. The van der Waals surface area contributed by atoms with Crippen LogP contribution in [0.5, 0.6) is 0 Å². The number of rotatable bonds is 4. The van der Waals surface area contributed by atoms with Gasteiger partial charge in [-0.1, -0.05) is 11.2 Å². The van der Waals surface area contributed by atoms with E-state index in [1.807, 2.05) is 23.6 Å². The summed E-state index contributed by atoms with van der Waals surface area (Å²) in [5.74, 6) is 0.721. The predicted molar refractivity (Wildman–Crippen MR) is 132 cm³/mol. The summed E-state index contributed by atoms with van der Waals surface area (Å²) in [4.78, 5) is 29.5. The molecule has 0 bridgehead atoms. The van der Waals surface area contributed by atoms with Crippen molar-refractivity contribution in [2.75, 3.05) is 17.2 Å². The number of fused-ring (bicyclic) bond motifs is 3. The molecule has 0 spiro atoms. The van der Waals surface area contributed by atoms with E-state index in [4.69, 9.17) is 4.42 Å². The minimum atomic E-state index is -4.58. The number of benzene rings is 1. The lowest BCUT2D eigenvalue weighted by atomic mass is 9.98. The fraction of sp³-hybridized carbons (Fsp3) is 0.160. The van der Waals surface area contributed by atoms with Gasteiger partial charge in [-0.15, -0.1) is 5.10 Å². The maximum atomic E-state index is 13.1. The summed E-state index contributed by atoms with van der Waals surface area (Å²) in [6.45, 7) is 3.24. The van der Waals surface area contributed by atoms with Gasteiger partial charge < -0.3 is 19.6 Å². The molecule has 0 radical (unpaired) electrons. The van der Waals surface area contributed by atoms with Crippen LogP contribution in [0, 0.1) is 6.92 Å². The molecule has 3 aliphatic rings. The van der Waals surface area contributed by atoms with Crippen molar-refractivity contribution in [1.29, 1.82) is 0 Å². The number of nitrogens with zero attached hydrogens (tertiary/aromatic N) is 7. The number of hydrogen-bond acceptors (Lipinski definition) is 9. The third-order valence-corrected chi connectivity index (χ3v) is 6.14. The molecule has 196 valence electrons. The van der Waals surface area contributed by atoms with E-state index in [1.54, 1.807) is 18.3 Å². The van der Waals surface area contributed by atoms with Crippen molar-refractivity contribution in [3.63, 3.8) is 0 Å². The van der Waals surface area contributed by atoms with Crippen LogP contribution in [0.4, 0.5) is 30.7 Å². The Labute approximate surface area is 217 Å². The lowest BCUT2D eigenvalue weighted by Gasteiger charge is -2.19. The van der Waals surface area contributed by atoms with Gasteiger partial charge in [-0.25, -0.2) is 4.98 Å². The molecular weight excluding hydrogens is 515 g/mol. The Morgan fingerprint density at radius 2 is 2.03 bits per heavy atom. The van der Waals surface area contributed by atoms with Gasteiger partial charge in [0.1, 0.15) is 17.3 Å². The van der Waals surface area contributed by atoms with Gasteiger partial charge in [0.05, 0.1) is 5.56 Å². The van der Waals surface area contributed by atoms with Crippen LogP contribution in [0.25, 0.3) is 22.5 Å². The molecule has 0 saturated carbocycles. The number of amides is 1. The number of halogens is 3. The Morgan fingerprint density at radius 1 is 1.15 bits per heavy atom. The maximum absolute atomic E-state index is 13.1. The number of carbonyl (C=O) groups is 1. The van der Waals surface area contributed by atoms with Crippen molar-refractivity contribution >= 4 is 23.4 Å². The van der Waals surface area contributed by atoms with Crippen LogP contribution in [0.15, 0.2) is 64.6 Å². The molecule has 3 aromatic rings. The van der Waals surface area contributed by atoms with E-state index >= 15 is 0 Å². The highest BCUT2D eigenvalue weighted by atomic mass is 19.4. The minimum Gasteiger partial charge on any atom is -0.409 e. The van der Waals surface area contributed by atoms with Crippen molar-refractivity contribution in [2.24, 2.45) is 4.99 Å². The molecule has 11 nitrogen and oxygen atoms in total. The van der Waals surface area contributed by atoms with Gasteiger partial charge in [-0.05, 0) is 48.4 Å². The molecule has 39 heavy (non-hydrogen) atoms. The van der Waals surface area contributed by atoms with E-state index in [0.717, 1.165) is 52.8 Å². The average molecular weight is 533 g/mol. The molecular formula is C25H18F3N9O2. The number of aryl methyl sites for hydroxylation is 1. The van der Waals surface area contributed by atoms with Crippen LogP contribution in [-0.2, 0) is 12.7 Å². The molecule has 1 amide bonds. The molecule has 3 aliphatic heterocycles. The Hall–Kier alpha value is -5.14. The van der Waals surface area contributed by atoms with Crippen molar-refractivity contribution < 1.29 is 22.4 Å². The Bertz CT molecular complexity index is 1750. The zero-order valence-electron chi connectivity index (χ0n) is 20.2. The molecule has 2 aromatic heterocycles. The summed E-state index contributed by atoms with van der Waals surface area (Å²) >= 11 is 0. The zero-order chi connectivity index (χ0) is 27.1. The monoisotopic (exact) mass is 533 g/mol. The first-order valence-corrected chi connectivity index (χ1v) is 11.7. The molecule has 0 fully saturated rings. The molecule has 5 heterocycles. The number of pyridine rings is 2. The SMILES string of the molecule is Cc1ccc(NC(=O)c2cc(C(F)(F)F)ccn2)cc1-c1cc2cnc(=Nc3nnco3)nc-2n2c1NCC2. The standard InChI is InChI=1S/C25H18F3N9O2/c1-13-2-3-16(33-22(38)19-9-15(4-5-29-19)25(26,27)28)10-17(13)18-8-14-11-31-23(35-24-36-32-12-39-24)34-20(14)37-7-6-30-21(18)37/h2-5,8-12,30H,6-7H2,1H3,(H,33,38). The summed E-state index contributed by atoms with van der Waals surface area (Å²) < 4.78 is 46.3. The zero-order valence-corrected chi connectivity index (χ0v) is 20.2. The number of alkyl halides is 3. The molecule has 2 N–H and O–H groups in total. The summed E-state index contributed by atoms with van der Waals surface area (Å²) in [7, 11) is 0. The first-order valence-electron chi connectivity index (χ1n) is 11.7. The van der Waals surface area contributed by atoms with E-state index in [-0.39, 0.29) is 17.3 Å². The predicted octanol–water partition coefficient (Wildman–Crippen LogP) is 4.07. The number of hydrogen-bond donors (Lipinski definition) is 2. The van der Waals surface area contributed by atoms with Crippen LogP contribution in [0.1, 0.15) is 21.6 Å². The lowest BCUT2D eigenvalue weighted by molar-refractivity contribution is -0.137. The van der Waals surface area contributed by atoms with Gasteiger partial charge in [-0.2, -0.15) is 23.1 Å². The number of nitrogens with one attached hydrogen (secondary N) is 2. The maximum Gasteiger partial charge on any atom is 0.416 e. The molecule has 6 rings (SSSR count). The third kappa shape index (κ3) is 4.67. The Kier molecular flexibility index (Phi) is 5.78. The quantitative estimate of drug-likeness (QED) is 0.353. The smallest absolute Gasteiger partial charge is 0.409 e. The largest absolute Gasteiger partial charge is 0.416 e. The highest BCUT2D eigenvalue weighted by Crippen LogP contribution is 2.39. The highest BCUT2D eigenvalue weighted by Gasteiger charge is 2.31. The molecule has 0 atom stereocenters. The third-order valence-electron chi connectivity index (χ3n) is 6.14. The molecule has 0 unspecified atom stereocenters.